The zero-order chi connectivity index (χ0) is 18.7. The smallest absolute Gasteiger partial charge is 0.117 e. The van der Waals surface area contributed by atoms with E-state index < -0.39 is 0 Å². The van der Waals surface area contributed by atoms with E-state index in [2.05, 4.69) is 15.8 Å². The summed E-state index contributed by atoms with van der Waals surface area (Å²) >= 11 is 7.73. The van der Waals surface area contributed by atoms with Crippen molar-refractivity contribution in [3.05, 3.63) is 59.3 Å². The maximum Gasteiger partial charge on any atom is 0.117 e. The molecule has 3 aromatic rings. The molecule has 0 aliphatic carbocycles. The van der Waals surface area contributed by atoms with Gasteiger partial charge in [0.1, 0.15) is 5.83 Å². The predicted molar refractivity (Wildman–Crippen MR) is 108 cm³/mol. The van der Waals surface area contributed by atoms with Crippen LogP contribution in [0, 0.1) is 6.92 Å². The van der Waals surface area contributed by atoms with Gasteiger partial charge in [-0.05, 0) is 56.3 Å². The highest BCUT2D eigenvalue weighted by molar-refractivity contribution is 7.97. The number of benzene rings is 1. The molecule has 0 unspecified atom stereocenters. The molecule has 0 atom stereocenters. The number of pyridine rings is 1. The molecule has 0 radical (unpaired) electrons. The number of nitrogens with two attached hydrogens (primary N) is 1. The van der Waals surface area contributed by atoms with Gasteiger partial charge in [-0.3, -0.25) is 9.71 Å². The van der Waals surface area contributed by atoms with Crippen molar-refractivity contribution >= 4 is 34.5 Å². The van der Waals surface area contributed by atoms with E-state index in [4.69, 9.17) is 17.3 Å². The van der Waals surface area contributed by atoms with Crippen LogP contribution in [0.3, 0.4) is 0 Å². The Morgan fingerprint density at radius 3 is 2.92 bits per heavy atom. The van der Waals surface area contributed by atoms with Crippen molar-refractivity contribution in [2.24, 2.45) is 5.73 Å². The van der Waals surface area contributed by atoms with E-state index in [0.29, 0.717) is 5.02 Å². The summed E-state index contributed by atoms with van der Waals surface area (Å²) in [5.74, 6) is -0.258. The van der Waals surface area contributed by atoms with Crippen molar-refractivity contribution in [1.82, 2.24) is 14.3 Å². The number of nitrogens with one attached hydrogen (secondary N) is 1. The standard InChI is InChI=1S/C19H20ClFN4S/c1-12-19(13-7-16(26-23-2)10-24-9-13)17-8-14(20)3-4-18(17)25(12)11-15(21)5-6-22/h3-5,7-10,23H,6,11,22H2,1-2H3/b15-5-. The molecule has 2 aromatic heterocycles. The summed E-state index contributed by atoms with van der Waals surface area (Å²) < 4.78 is 19.2. The molecule has 3 N–H and O–H groups in total. The molecule has 0 saturated heterocycles. The van der Waals surface area contributed by atoms with Crippen molar-refractivity contribution in [3.8, 4) is 11.1 Å². The average molecular weight is 391 g/mol. The number of hydrogen-bond donors (Lipinski definition) is 2. The molecule has 3 rings (SSSR count). The van der Waals surface area contributed by atoms with Crippen LogP contribution in [-0.4, -0.2) is 23.1 Å². The Balaban J connectivity index is 2.22. The Labute approximate surface area is 161 Å². The largest absolute Gasteiger partial charge is 0.337 e. The molecule has 0 aliphatic rings. The van der Waals surface area contributed by atoms with Gasteiger partial charge in [-0.1, -0.05) is 11.6 Å². The fraction of sp³-hybridized carbons (Fsp3) is 0.211. The fourth-order valence-electron chi connectivity index (χ4n) is 3.10. The van der Waals surface area contributed by atoms with Crippen LogP contribution in [0.4, 0.5) is 4.39 Å². The van der Waals surface area contributed by atoms with Crippen LogP contribution in [0.2, 0.25) is 5.02 Å². The lowest BCUT2D eigenvalue weighted by Crippen LogP contribution is -2.03. The van der Waals surface area contributed by atoms with E-state index >= 15 is 0 Å². The maximum atomic E-state index is 14.2. The normalized spacial score (nSPS) is 12.1. The van der Waals surface area contributed by atoms with E-state index in [1.165, 1.54) is 18.0 Å². The minimum absolute atomic E-state index is 0.138. The van der Waals surface area contributed by atoms with E-state index in [0.717, 1.165) is 32.6 Å². The predicted octanol–water partition coefficient (Wildman–Crippen LogP) is 4.70. The highest BCUT2D eigenvalue weighted by atomic mass is 35.5. The van der Waals surface area contributed by atoms with Crippen molar-refractivity contribution in [3.63, 3.8) is 0 Å². The Hall–Kier alpha value is -1.86. The second-order valence-corrected chi connectivity index (χ2v) is 7.33. The van der Waals surface area contributed by atoms with Crippen molar-refractivity contribution in [2.45, 2.75) is 18.4 Å². The lowest BCUT2D eigenvalue weighted by Gasteiger charge is -2.08. The van der Waals surface area contributed by atoms with Crippen LogP contribution in [0.1, 0.15) is 5.69 Å². The summed E-state index contributed by atoms with van der Waals surface area (Å²) in [5.41, 5.74) is 9.29. The van der Waals surface area contributed by atoms with Crippen LogP contribution in [-0.2, 0) is 6.54 Å². The summed E-state index contributed by atoms with van der Waals surface area (Å²) in [7, 11) is 1.86. The minimum Gasteiger partial charge on any atom is -0.337 e. The lowest BCUT2D eigenvalue weighted by molar-refractivity contribution is 0.555. The quantitative estimate of drug-likeness (QED) is 0.599. The first-order valence-electron chi connectivity index (χ1n) is 8.17. The molecule has 0 saturated carbocycles. The minimum atomic E-state index is -0.258. The van der Waals surface area contributed by atoms with Crippen LogP contribution in [0.5, 0.6) is 0 Å². The maximum absolute atomic E-state index is 14.2. The van der Waals surface area contributed by atoms with Crippen LogP contribution in [0.25, 0.3) is 22.0 Å². The van der Waals surface area contributed by atoms with Gasteiger partial charge in [0.05, 0.1) is 6.54 Å². The number of aromatic nitrogens is 2. The Bertz CT molecular complexity index is 968. The molecule has 4 nitrogen and oxygen atoms in total. The molecule has 1 aromatic carbocycles. The summed E-state index contributed by atoms with van der Waals surface area (Å²) in [6, 6.07) is 7.72. The highest BCUT2D eigenvalue weighted by Crippen LogP contribution is 2.37. The zero-order valence-electron chi connectivity index (χ0n) is 14.6. The van der Waals surface area contributed by atoms with Gasteiger partial charge in [-0.25, -0.2) is 4.39 Å². The molecule has 0 amide bonds. The molecule has 136 valence electrons. The lowest BCUT2D eigenvalue weighted by atomic mass is 10.0. The second-order valence-electron chi connectivity index (χ2n) is 5.81. The first kappa shape index (κ1) is 18.9. The highest BCUT2D eigenvalue weighted by Gasteiger charge is 2.17. The third-order valence-electron chi connectivity index (χ3n) is 4.16. The van der Waals surface area contributed by atoms with Crippen molar-refractivity contribution in [1.29, 1.82) is 0 Å². The molecular weight excluding hydrogens is 371 g/mol. The van der Waals surface area contributed by atoms with Gasteiger partial charge >= 0.3 is 0 Å². The molecular formula is C19H20ClFN4S. The molecule has 2 heterocycles. The van der Waals surface area contributed by atoms with E-state index in [9.17, 15) is 4.39 Å². The number of rotatable bonds is 6. The number of halogens is 2. The van der Waals surface area contributed by atoms with Gasteiger partial charge < -0.3 is 10.3 Å². The Morgan fingerprint density at radius 2 is 2.19 bits per heavy atom. The van der Waals surface area contributed by atoms with Crippen LogP contribution in [0.15, 0.2) is 53.5 Å². The summed E-state index contributed by atoms with van der Waals surface area (Å²) in [6.45, 7) is 2.30. The summed E-state index contributed by atoms with van der Waals surface area (Å²) in [4.78, 5) is 5.35. The van der Waals surface area contributed by atoms with Crippen LogP contribution < -0.4 is 10.5 Å². The first-order valence-corrected chi connectivity index (χ1v) is 9.36. The number of fused-ring (bicyclic) bond motifs is 1. The van der Waals surface area contributed by atoms with Gasteiger partial charge in [0.15, 0.2) is 0 Å². The SMILES string of the molecule is CNSc1cncc(-c2c(C)n(C/C(F)=C/CN)c3ccc(Cl)cc23)c1. The van der Waals surface area contributed by atoms with E-state index in [-0.39, 0.29) is 18.9 Å². The van der Waals surface area contributed by atoms with Crippen molar-refractivity contribution < 1.29 is 4.39 Å². The number of hydrogen-bond acceptors (Lipinski definition) is 4. The summed E-state index contributed by atoms with van der Waals surface area (Å²) in [5, 5.41) is 1.62. The van der Waals surface area contributed by atoms with Gasteiger partial charge in [-0.15, -0.1) is 0 Å². The average Bonchev–Trinajstić information content (AvgIpc) is 2.87. The van der Waals surface area contributed by atoms with Crippen LogP contribution >= 0.6 is 23.5 Å². The van der Waals surface area contributed by atoms with Gasteiger partial charge in [0, 0.05) is 56.6 Å². The zero-order valence-corrected chi connectivity index (χ0v) is 16.2. The molecule has 0 fully saturated rings. The van der Waals surface area contributed by atoms with E-state index in [1.54, 1.807) is 6.20 Å². The fourth-order valence-corrected chi connectivity index (χ4v) is 3.80. The topological polar surface area (TPSA) is 55.9 Å². The Morgan fingerprint density at radius 1 is 1.38 bits per heavy atom. The summed E-state index contributed by atoms with van der Waals surface area (Å²) in [6.07, 6.45) is 5.02. The van der Waals surface area contributed by atoms with Gasteiger partial charge in [-0.2, -0.15) is 0 Å². The monoisotopic (exact) mass is 390 g/mol. The van der Waals surface area contributed by atoms with Gasteiger partial charge in [0.2, 0.25) is 0 Å². The molecule has 26 heavy (non-hydrogen) atoms. The van der Waals surface area contributed by atoms with Gasteiger partial charge in [0.25, 0.3) is 0 Å². The molecule has 0 aliphatic heterocycles. The third kappa shape index (κ3) is 3.78. The number of nitrogens with zero attached hydrogens (tertiary/aromatic N) is 2. The molecule has 0 bridgehead atoms. The first-order chi connectivity index (χ1) is 12.5. The third-order valence-corrected chi connectivity index (χ3v) is 5.05. The number of allylic oxidation sites excluding steroid dienone is 1. The molecule has 0 spiro atoms. The van der Waals surface area contributed by atoms with Crippen molar-refractivity contribution in [2.75, 3.05) is 13.6 Å². The van der Waals surface area contributed by atoms with E-state index in [1.807, 2.05) is 42.9 Å². The Kier molecular flexibility index (Phi) is 5.98. The molecule has 7 heteroatoms. The second kappa shape index (κ2) is 8.22.